The number of thioether (sulfide) groups is 1. The number of hydrogen-bond acceptors (Lipinski definition) is 6. The minimum Gasteiger partial charge on any atom is -0.498 e. The van der Waals surface area contributed by atoms with Crippen molar-refractivity contribution in [1.82, 2.24) is 0 Å². The zero-order chi connectivity index (χ0) is 25.5. The first-order chi connectivity index (χ1) is 16.3. The minimum absolute atomic E-state index is 0.664. The van der Waals surface area contributed by atoms with Crippen LogP contribution in [0.15, 0.2) is 101 Å². The van der Waals surface area contributed by atoms with Gasteiger partial charge in [0.05, 0.1) is 34.1 Å². The van der Waals surface area contributed by atoms with Crippen LogP contribution < -0.4 is 10.1 Å². The van der Waals surface area contributed by atoms with Crippen LogP contribution in [0.1, 0.15) is 26.3 Å². The largest absolute Gasteiger partial charge is 0.498 e. The summed E-state index contributed by atoms with van der Waals surface area (Å²) in [4.78, 5) is 0. The van der Waals surface area contributed by atoms with E-state index in [0.29, 0.717) is 11.5 Å². The topological polar surface area (TPSA) is 49.0 Å². The maximum atomic E-state index is 5.50. The van der Waals surface area contributed by atoms with Crippen LogP contribution in [0.25, 0.3) is 0 Å². The lowest BCUT2D eigenvalue weighted by atomic mass is 10.1. The second-order valence-corrected chi connectivity index (χ2v) is 8.16. The lowest BCUT2D eigenvalue weighted by Gasteiger charge is -2.11. The van der Waals surface area contributed by atoms with Gasteiger partial charge in [-0.2, -0.15) is 0 Å². The third kappa shape index (κ3) is 9.32. The first-order valence-corrected chi connectivity index (χ1v) is 11.8. The molecule has 0 fully saturated rings. The van der Waals surface area contributed by atoms with Gasteiger partial charge in [0.25, 0.3) is 0 Å². The van der Waals surface area contributed by atoms with Gasteiger partial charge in [0, 0.05) is 12.0 Å². The van der Waals surface area contributed by atoms with Crippen molar-refractivity contribution in [1.29, 1.82) is 0 Å². The maximum absolute atomic E-state index is 5.50. The van der Waals surface area contributed by atoms with E-state index in [1.54, 1.807) is 46.3 Å². The second kappa shape index (κ2) is 15.6. The van der Waals surface area contributed by atoms with Gasteiger partial charge in [-0.3, -0.25) is 0 Å². The molecule has 0 aliphatic rings. The van der Waals surface area contributed by atoms with Crippen LogP contribution in [-0.4, -0.2) is 28.4 Å². The Kier molecular flexibility index (Phi) is 13.2. The molecule has 0 aliphatic carbocycles. The Balaban J connectivity index is 2.87. The van der Waals surface area contributed by atoms with E-state index < -0.39 is 0 Å². The smallest absolute Gasteiger partial charge is 0.156 e. The van der Waals surface area contributed by atoms with E-state index in [-0.39, 0.29) is 0 Å². The molecule has 0 bridgehead atoms. The summed E-state index contributed by atoms with van der Waals surface area (Å²) in [5, 5.41) is 5.36. The molecule has 0 radical (unpaired) electrons. The molecular weight excluding hydrogens is 446 g/mol. The Bertz CT molecular complexity index is 1000. The lowest BCUT2D eigenvalue weighted by Crippen LogP contribution is -1.95. The molecule has 0 aromatic heterocycles. The average Bonchev–Trinajstić information content (AvgIpc) is 2.85. The van der Waals surface area contributed by atoms with Crippen LogP contribution >= 0.6 is 11.8 Å². The van der Waals surface area contributed by atoms with Gasteiger partial charge in [0.15, 0.2) is 5.76 Å². The van der Waals surface area contributed by atoms with Gasteiger partial charge in [-0.15, -0.1) is 11.8 Å². The summed E-state index contributed by atoms with van der Waals surface area (Å²) in [7, 11) is 6.53. The number of anilines is 1. The van der Waals surface area contributed by atoms with E-state index in [1.807, 2.05) is 51.3 Å². The van der Waals surface area contributed by atoms with Crippen molar-refractivity contribution in [3.05, 3.63) is 107 Å². The number of hydrogen-bond donors (Lipinski definition) is 1. The summed E-state index contributed by atoms with van der Waals surface area (Å²) in [6.07, 6.45) is 9.39. The molecule has 184 valence electrons. The zero-order valence-corrected chi connectivity index (χ0v) is 22.2. The molecule has 0 saturated heterocycles. The Morgan fingerprint density at radius 1 is 1.00 bits per heavy atom. The molecule has 0 amide bonds. The SMILES string of the molecule is C=C/C(OC)=C(C)/C=C/SCc1ccc(OC)c(N/C=C\C(=C)/C(C)=C/C(OC)=C(\C)OC)c1. The molecule has 1 N–H and O–H groups in total. The highest BCUT2D eigenvalue weighted by Gasteiger charge is 2.05. The Hall–Kier alpha value is -3.25. The maximum Gasteiger partial charge on any atom is 0.156 e. The zero-order valence-electron chi connectivity index (χ0n) is 21.4. The fourth-order valence-electron chi connectivity index (χ4n) is 2.80. The van der Waals surface area contributed by atoms with Gasteiger partial charge in [0.2, 0.25) is 0 Å². The Morgan fingerprint density at radius 3 is 2.29 bits per heavy atom. The number of ether oxygens (including phenoxy) is 4. The predicted molar refractivity (Wildman–Crippen MR) is 146 cm³/mol. The molecule has 5 nitrogen and oxygen atoms in total. The summed E-state index contributed by atoms with van der Waals surface area (Å²) in [6, 6.07) is 6.10. The molecular formula is C28H37NO4S. The molecule has 0 spiro atoms. The van der Waals surface area contributed by atoms with Crippen molar-refractivity contribution in [2.45, 2.75) is 26.5 Å². The van der Waals surface area contributed by atoms with Crippen molar-refractivity contribution in [3.63, 3.8) is 0 Å². The molecule has 6 heteroatoms. The van der Waals surface area contributed by atoms with Gasteiger partial charge in [0.1, 0.15) is 17.3 Å². The van der Waals surface area contributed by atoms with Crippen molar-refractivity contribution >= 4 is 17.4 Å². The molecule has 0 heterocycles. The average molecular weight is 484 g/mol. The van der Waals surface area contributed by atoms with E-state index in [9.17, 15) is 0 Å². The summed E-state index contributed by atoms with van der Waals surface area (Å²) in [6.45, 7) is 13.7. The van der Waals surface area contributed by atoms with Crippen molar-refractivity contribution in [2.75, 3.05) is 33.8 Å². The predicted octanol–water partition coefficient (Wildman–Crippen LogP) is 7.50. The summed E-state index contributed by atoms with van der Waals surface area (Å²) < 4.78 is 21.4. The van der Waals surface area contributed by atoms with Crippen LogP contribution in [-0.2, 0) is 20.0 Å². The molecule has 1 aromatic rings. The first-order valence-electron chi connectivity index (χ1n) is 10.7. The standard InChI is InChI=1S/C28H37NO4S/c1-10-26(31-7)21(3)14-16-34-19-24-11-12-27(32-8)25(18-24)29-15-13-20(2)22(4)17-28(33-9)23(5)30-6/h10-18,29H,1-2,19H2,3-9H3/b15-13-,16-14+,22-17+,26-21-,28-23-. The monoisotopic (exact) mass is 483 g/mol. The van der Waals surface area contributed by atoms with Gasteiger partial charge < -0.3 is 24.3 Å². The number of methoxy groups -OCH3 is 4. The van der Waals surface area contributed by atoms with Crippen molar-refractivity contribution in [2.24, 2.45) is 0 Å². The van der Waals surface area contributed by atoms with E-state index >= 15 is 0 Å². The summed E-state index contributed by atoms with van der Waals surface area (Å²) >= 11 is 1.70. The Morgan fingerprint density at radius 2 is 1.71 bits per heavy atom. The van der Waals surface area contributed by atoms with Crippen LogP contribution in [0.4, 0.5) is 5.69 Å². The first kappa shape index (κ1) is 28.8. The third-order valence-electron chi connectivity index (χ3n) is 4.97. The normalized spacial score (nSPS) is 13.3. The van der Waals surface area contributed by atoms with Gasteiger partial charge in [-0.1, -0.05) is 19.2 Å². The molecule has 0 saturated carbocycles. The number of nitrogens with one attached hydrogen (secondary N) is 1. The van der Waals surface area contributed by atoms with Gasteiger partial charge >= 0.3 is 0 Å². The quantitative estimate of drug-likeness (QED) is 0.218. The van der Waals surface area contributed by atoms with Gasteiger partial charge in [-0.25, -0.2) is 0 Å². The minimum atomic E-state index is 0.664. The lowest BCUT2D eigenvalue weighted by molar-refractivity contribution is 0.232. The molecule has 0 aliphatic heterocycles. The highest BCUT2D eigenvalue weighted by molar-refractivity contribution is 8.01. The fraction of sp³-hybridized carbons (Fsp3) is 0.286. The highest BCUT2D eigenvalue weighted by atomic mass is 32.2. The molecule has 1 rings (SSSR count). The number of rotatable bonds is 14. The molecule has 34 heavy (non-hydrogen) atoms. The fourth-order valence-corrected chi connectivity index (χ4v) is 3.57. The van der Waals surface area contributed by atoms with E-state index in [1.165, 1.54) is 5.56 Å². The van der Waals surface area contributed by atoms with Crippen LogP contribution in [0.5, 0.6) is 5.75 Å². The number of benzene rings is 1. The summed E-state index contributed by atoms with van der Waals surface area (Å²) in [5.74, 6) is 3.73. The second-order valence-electron chi connectivity index (χ2n) is 7.26. The molecule has 0 atom stereocenters. The van der Waals surface area contributed by atoms with Crippen molar-refractivity contribution < 1.29 is 18.9 Å². The van der Waals surface area contributed by atoms with Crippen LogP contribution in [0.3, 0.4) is 0 Å². The van der Waals surface area contributed by atoms with Gasteiger partial charge in [-0.05, 0) is 84.9 Å². The van der Waals surface area contributed by atoms with E-state index in [0.717, 1.165) is 39.7 Å². The summed E-state index contributed by atoms with van der Waals surface area (Å²) in [5.41, 5.74) is 4.89. The highest BCUT2D eigenvalue weighted by Crippen LogP contribution is 2.28. The third-order valence-corrected chi connectivity index (χ3v) is 5.80. The number of allylic oxidation sites excluding steroid dienone is 8. The van der Waals surface area contributed by atoms with Crippen LogP contribution in [0, 0.1) is 0 Å². The molecule has 0 unspecified atom stereocenters. The molecule has 1 aromatic carbocycles. The van der Waals surface area contributed by atoms with E-state index in [4.69, 9.17) is 18.9 Å². The van der Waals surface area contributed by atoms with Crippen molar-refractivity contribution in [3.8, 4) is 5.75 Å². The van der Waals surface area contributed by atoms with Crippen LogP contribution in [0.2, 0.25) is 0 Å². The van der Waals surface area contributed by atoms with E-state index in [2.05, 4.69) is 36.0 Å². The Labute approximate surface area is 209 Å².